The number of halogens is 1. The zero-order chi connectivity index (χ0) is 15.4. The van der Waals surface area contributed by atoms with Crippen LogP contribution >= 0.6 is 27.7 Å². The van der Waals surface area contributed by atoms with Crippen molar-refractivity contribution < 1.29 is 14.3 Å². The van der Waals surface area contributed by atoms with Crippen molar-refractivity contribution in [2.45, 2.75) is 0 Å². The molecule has 0 aliphatic carbocycles. The summed E-state index contributed by atoms with van der Waals surface area (Å²) in [5.74, 6) is 0.819. The van der Waals surface area contributed by atoms with Crippen LogP contribution in [0.1, 0.15) is 5.56 Å². The summed E-state index contributed by atoms with van der Waals surface area (Å²) in [6, 6.07) is 3.56. The molecule has 1 aromatic rings. The molecule has 1 heterocycles. The number of thioether (sulfide) groups is 1. The number of carbonyl (C=O) groups excluding carboxylic acids is 1. The molecule has 1 aliphatic rings. The van der Waals surface area contributed by atoms with Crippen molar-refractivity contribution in [3.63, 3.8) is 0 Å². The van der Waals surface area contributed by atoms with E-state index in [-0.39, 0.29) is 11.1 Å². The van der Waals surface area contributed by atoms with Crippen LogP contribution in [0.5, 0.6) is 11.5 Å². The minimum absolute atomic E-state index is 0.250. The number of rotatable bonds is 5. The SMILES string of the molecule is C=CCOc1cc(Br)c(C=C2SC(N)=NC2=O)cc1OC. The molecule has 0 aromatic heterocycles. The third-order valence-electron chi connectivity index (χ3n) is 2.56. The summed E-state index contributed by atoms with van der Waals surface area (Å²) in [5, 5.41) is 0.250. The highest BCUT2D eigenvalue weighted by atomic mass is 79.9. The van der Waals surface area contributed by atoms with Crippen molar-refractivity contribution in [1.82, 2.24) is 0 Å². The van der Waals surface area contributed by atoms with Crippen molar-refractivity contribution in [1.29, 1.82) is 0 Å². The maximum atomic E-state index is 11.6. The molecule has 0 saturated heterocycles. The van der Waals surface area contributed by atoms with E-state index < -0.39 is 0 Å². The molecule has 0 radical (unpaired) electrons. The summed E-state index contributed by atoms with van der Waals surface area (Å²) in [6.07, 6.45) is 3.36. The first-order chi connectivity index (χ1) is 10.0. The summed E-state index contributed by atoms with van der Waals surface area (Å²) in [4.78, 5) is 15.8. The Morgan fingerprint density at radius 2 is 2.24 bits per heavy atom. The Labute approximate surface area is 135 Å². The number of hydrogen-bond acceptors (Lipinski definition) is 5. The third kappa shape index (κ3) is 3.68. The van der Waals surface area contributed by atoms with Gasteiger partial charge in [0.15, 0.2) is 16.7 Å². The maximum Gasteiger partial charge on any atom is 0.286 e. The number of aliphatic imine (C=N–C) groups is 1. The average Bonchev–Trinajstić information content (AvgIpc) is 2.77. The van der Waals surface area contributed by atoms with Crippen molar-refractivity contribution >= 4 is 44.8 Å². The van der Waals surface area contributed by atoms with Crippen LogP contribution in [-0.2, 0) is 4.79 Å². The molecule has 2 rings (SSSR count). The molecule has 2 N–H and O–H groups in total. The number of nitrogens with two attached hydrogens (primary N) is 1. The monoisotopic (exact) mass is 368 g/mol. The van der Waals surface area contributed by atoms with Gasteiger partial charge in [0, 0.05) is 4.47 Å². The predicted octanol–water partition coefficient (Wildman–Crippen LogP) is 2.95. The fourth-order valence-corrected chi connectivity index (χ4v) is 2.76. The van der Waals surface area contributed by atoms with Crippen LogP contribution in [0.3, 0.4) is 0 Å². The van der Waals surface area contributed by atoms with Gasteiger partial charge in [-0.15, -0.1) is 0 Å². The molecule has 1 aromatic carbocycles. The Morgan fingerprint density at radius 1 is 1.48 bits per heavy atom. The van der Waals surface area contributed by atoms with Gasteiger partial charge < -0.3 is 15.2 Å². The van der Waals surface area contributed by atoms with Crippen LogP contribution in [0.25, 0.3) is 6.08 Å². The molecule has 110 valence electrons. The lowest BCUT2D eigenvalue weighted by Crippen LogP contribution is -2.01. The molecule has 0 spiro atoms. The molecule has 1 amide bonds. The largest absolute Gasteiger partial charge is 0.493 e. The molecule has 5 nitrogen and oxygen atoms in total. The van der Waals surface area contributed by atoms with E-state index in [1.807, 2.05) is 0 Å². The highest BCUT2D eigenvalue weighted by Gasteiger charge is 2.20. The van der Waals surface area contributed by atoms with E-state index in [1.54, 1.807) is 31.4 Å². The van der Waals surface area contributed by atoms with Crippen molar-refractivity contribution in [3.05, 3.63) is 39.7 Å². The lowest BCUT2D eigenvalue weighted by Gasteiger charge is -2.11. The van der Waals surface area contributed by atoms with Gasteiger partial charge in [0.05, 0.1) is 12.0 Å². The van der Waals surface area contributed by atoms with E-state index in [9.17, 15) is 4.79 Å². The zero-order valence-corrected chi connectivity index (χ0v) is 13.7. The minimum atomic E-state index is -0.338. The Bertz CT molecular complexity index is 656. The summed E-state index contributed by atoms with van der Waals surface area (Å²) in [5.41, 5.74) is 6.30. The smallest absolute Gasteiger partial charge is 0.286 e. The van der Waals surface area contributed by atoms with E-state index in [0.29, 0.717) is 23.0 Å². The summed E-state index contributed by atoms with van der Waals surface area (Å²) >= 11 is 4.59. The number of methoxy groups -OCH3 is 1. The van der Waals surface area contributed by atoms with Gasteiger partial charge in [0.2, 0.25) is 0 Å². The van der Waals surface area contributed by atoms with Crippen LogP contribution in [0, 0.1) is 0 Å². The molecular weight excluding hydrogens is 356 g/mol. The van der Waals surface area contributed by atoms with Gasteiger partial charge >= 0.3 is 0 Å². The fourth-order valence-electron chi connectivity index (χ4n) is 1.65. The van der Waals surface area contributed by atoms with Crippen molar-refractivity contribution in [2.75, 3.05) is 13.7 Å². The predicted molar refractivity (Wildman–Crippen MR) is 88.6 cm³/mol. The Morgan fingerprint density at radius 3 is 2.81 bits per heavy atom. The van der Waals surface area contributed by atoms with Crippen molar-refractivity contribution in [2.24, 2.45) is 10.7 Å². The van der Waals surface area contributed by atoms with E-state index >= 15 is 0 Å². The highest BCUT2D eigenvalue weighted by Crippen LogP contribution is 2.36. The lowest BCUT2D eigenvalue weighted by molar-refractivity contribution is -0.113. The second-order valence-electron chi connectivity index (χ2n) is 3.99. The van der Waals surface area contributed by atoms with Gasteiger partial charge in [0.1, 0.15) is 6.61 Å². The second kappa shape index (κ2) is 6.82. The first kappa shape index (κ1) is 15.7. The van der Waals surface area contributed by atoms with E-state index in [2.05, 4.69) is 27.5 Å². The van der Waals surface area contributed by atoms with Crippen LogP contribution in [0.4, 0.5) is 0 Å². The molecule has 1 aliphatic heterocycles. The van der Waals surface area contributed by atoms with Gasteiger partial charge in [-0.2, -0.15) is 4.99 Å². The normalized spacial score (nSPS) is 16.0. The molecule has 0 fully saturated rings. The standard InChI is InChI=1S/C14H13BrN2O3S/c1-3-4-20-11-7-9(15)8(5-10(11)19-2)6-12-13(18)17-14(16)21-12/h3,5-7H,1,4H2,2H3,(H2,16,17,18). The van der Waals surface area contributed by atoms with E-state index in [1.165, 1.54) is 0 Å². The van der Waals surface area contributed by atoms with Crippen LogP contribution in [0.15, 0.2) is 39.2 Å². The van der Waals surface area contributed by atoms with E-state index in [4.69, 9.17) is 15.2 Å². The molecule has 0 bridgehead atoms. The number of amidine groups is 1. The summed E-state index contributed by atoms with van der Waals surface area (Å²) in [6.45, 7) is 3.98. The summed E-state index contributed by atoms with van der Waals surface area (Å²) in [7, 11) is 1.55. The molecule has 21 heavy (non-hydrogen) atoms. The topological polar surface area (TPSA) is 73.9 Å². The lowest BCUT2D eigenvalue weighted by atomic mass is 10.2. The minimum Gasteiger partial charge on any atom is -0.493 e. The number of amides is 1. The Hall–Kier alpha value is -1.73. The number of nitrogens with zero attached hydrogens (tertiary/aromatic N) is 1. The van der Waals surface area contributed by atoms with Gasteiger partial charge in [-0.1, -0.05) is 28.6 Å². The van der Waals surface area contributed by atoms with Gasteiger partial charge in [-0.3, -0.25) is 4.79 Å². The third-order valence-corrected chi connectivity index (χ3v) is 4.06. The molecule has 0 atom stereocenters. The van der Waals surface area contributed by atoms with Gasteiger partial charge in [0.25, 0.3) is 5.91 Å². The first-order valence-corrected chi connectivity index (χ1v) is 7.55. The van der Waals surface area contributed by atoms with Gasteiger partial charge in [-0.05, 0) is 35.5 Å². The van der Waals surface area contributed by atoms with Crippen LogP contribution in [-0.4, -0.2) is 24.8 Å². The molecule has 0 saturated carbocycles. The fraction of sp³-hybridized carbons (Fsp3) is 0.143. The molecular formula is C14H13BrN2O3S. The summed E-state index contributed by atoms with van der Waals surface area (Å²) < 4.78 is 11.6. The van der Waals surface area contributed by atoms with Crippen molar-refractivity contribution in [3.8, 4) is 11.5 Å². The average molecular weight is 369 g/mol. The first-order valence-electron chi connectivity index (χ1n) is 5.94. The van der Waals surface area contributed by atoms with Crippen LogP contribution in [0.2, 0.25) is 0 Å². The maximum absolute atomic E-state index is 11.6. The Kier molecular flexibility index (Phi) is 5.08. The second-order valence-corrected chi connectivity index (χ2v) is 5.91. The quantitative estimate of drug-likeness (QED) is 0.638. The zero-order valence-electron chi connectivity index (χ0n) is 11.3. The van der Waals surface area contributed by atoms with Crippen LogP contribution < -0.4 is 15.2 Å². The number of carbonyl (C=O) groups is 1. The van der Waals surface area contributed by atoms with Gasteiger partial charge in [-0.25, -0.2) is 0 Å². The Balaban J connectivity index is 2.35. The molecule has 7 heteroatoms. The number of ether oxygens (including phenoxy) is 2. The highest BCUT2D eigenvalue weighted by molar-refractivity contribution is 9.10. The van der Waals surface area contributed by atoms with E-state index in [0.717, 1.165) is 21.8 Å². The number of benzene rings is 1. The molecule has 0 unspecified atom stereocenters. The number of hydrogen-bond donors (Lipinski definition) is 1.